The number of hydrogen-bond donors (Lipinski definition) is 1. The van der Waals surface area contributed by atoms with Gasteiger partial charge in [-0.05, 0) is 53.6 Å². The fraction of sp³-hybridized carbons (Fsp3) is 0.120. The highest BCUT2D eigenvalue weighted by molar-refractivity contribution is 9.10. The first kappa shape index (κ1) is 21.1. The Kier molecular flexibility index (Phi) is 5.75. The van der Waals surface area contributed by atoms with Crippen molar-refractivity contribution in [3.8, 4) is 17.2 Å². The summed E-state index contributed by atoms with van der Waals surface area (Å²) in [6, 6.07) is 20.2. The fourth-order valence-electron chi connectivity index (χ4n) is 3.62. The minimum Gasteiger partial charge on any atom is -0.454 e. The summed E-state index contributed by atoms with van der Waals surface area (Å²) in [6.45, 7) is 0.357. The number of nitrogens with zero attached hydrogens (tertiary/aromatic N) is 1. The molecule has 0 unspecified atom stereocenters. The number of para-hydroxylation sites is 2. The van der Waals surface area contributed by atoms with Gasteiger partial charge in [-0.2, -0.15) is 0 Å². The highest BCUT2D eigenvalue weighted by atomic mass is 79.9. The fourth-order valence-corrected chi connectivity index (χ4v) is 4.03. The molecule has 0 radical (unpaired) electrons. The first-order valence-electron chi connectivity index (χ1n) is 10.3. The maximum absolute atomic E-state index is 13.2. The van der Waals surface area contributed by atoms with Gasteiger partial charge in [0.25, 0.3) is 5.91 Å². The number of benzene rings is 3. The second-order valence-electron chi connectivity index (χ2n) is 7.49. The van der Waals surface area contributed by atoms with E-state index in [-0.39, 0.29) is 30.9 Å². The van der Waals surface area contributed by atoms with E-state index in [2.05, 4.69) is 21.2 Å². The molecule has 3 aromatic carbocycles. The molecule has 33 heavy (non-hydrogen) atoms. The number of hydrogen-bond acceptors (Lipinski definition) is 5. The Balaban J connectivity index is 1.33. The Morgan fingerprint density at radius 2 is 1.85 bits per heavy atom. The van der Waals surface area contributed by atoms with E-state index < -0.39 is 0 Å². The predicted molar refractivity (Wildman–Crippen MR) is 126 cm³/mol. The second kappa shape index (κ2) is 8.99. The van der Waals surface area contributed by atoms with Crippen LogP contribution in [0.5, 0.6) is 17.2 Å². The average molecular weight is 507 g/mol. The largest absolute Gasteiger partial charge is 0.454 e. The number of carbonyl (C=O) groups excluding carboxylic acids is 2. The zero-order valence-electron chi connectivity index (χ0n) is 17.4. The Labute approximate surface area is 198 Å². The molecule has 1 N–H and O–H groups in total. The molecule has 5 rings (SSSR count). The normalized spacial score (nSPS) is 15.2. The third-order valence-electron chi connectivity index (χ3n) is 5.21. The van der Waals surface area contributed by atoms with Crippen LogP contribution in [-0.2, 0) is 16.1 Å². The van der Waals surface area contributed by atoms with Gasteiger partial charge in [-0.3, -0.25) is 14.5 Å². The van der Waals surface area contributed by atoms with Crippen LogP contribution in [0.25, 0.3) is 6.08 Å². The molecule has 2 aliphatic rings. The SMILES string of the molecule is O=C(CN1C(=O)C(=Cc2cccc(Br)c2)Oc2ccccc21)NCc1ccc2c(c1)OCO2. The molecule has 0 fully saturated rings. The molecule has 2 aliphatic heterocycles. The van der Waals surface area contributed by atoms with Crippen molar-refractivity contribution in [2.45, 2.75) is 6.54 Å². The number of amides is 2. The van der Waals surface area contributed by atoms with Gasteiger partial charge >= 0.3 is 0 Å². The molecular weight excluding hydrogens is 488 g/mol. The molecule has 8 heteroatoms. The maximum Gasteiger partial charge on any atom is 0.294 e. The van der Waals surface area contributed by atoms with Gasteiger partial charge in [-0.1, -0.05) is 46.3 Å². The topological polar surface area (TPSA) is 77.1 Å². The lowest BCUT2D eigenvalue weighted by Gasteiger charge is -2.30. The van der Waals surface area contributed by atoms with Gasteiger partial charge in [0.2, 0.25) is 12.7 Å². The van der Waals surface area contributed by atoms with E-state index in [0.29, 0.717) is 29.5 Å². The van der Waals surface area contributed by atoms with Crippen LogP contribution in [0.3, 0.4) is 0 Å². The predicted octanol–water partition coefficient (Wildman–Crippen LogP) is 4.26. The molecule has 0 saturated carbocycles. The highest BCUT2D eigenvalue weighted by Crippen LogP contribution is 2.36. The Hall–Kier alpha value is -3.78. The van der Waals surface area contributed by atoms with Gasteiger partial charge < -0.3 is 19.5 Å². The van der Waals surface area contributed by atoms with Crippen molar-refractivity contribution < 1.29 is 23.8 Å². The summed E-state index contributed by atoms with van der Waals surface area (Å²) in [5, 5.41) is 2.87. The minimum absolute atomic E-state index is 0.139. The Morgan fingerprint density at radius 1 is 1.00 bits per heavy atom. The van der Waals surface area contributed by atoms with Crippen molar-refractivity contribution in [3.63, 3.8) is 0 Å². The first-order chi connectivity index (χ1) is 16.1. The minimum atomic E-state index is -0.382. The van der Waals surface area contributed by atoms with Crippen LogP contribution < -0.4 is 24.4 Å². The zero-order valence-corrected chi connectivity index (χ0v) is 19.0. The smallest absolute Gasteiger partial charge is 0.294 e. The van der Waals surface area contributed by atoms with Crippen molar-refractivity contribution in [2.24, 2.45) is 0 Å². The number of fused-ring (bicyclic) bond motifs is 2. The molecule has 0 aliphatic carbocycles. The van der Waals surface area contributed by atoms with Gasteiger partial charge in [0.15, 0.2) is 23.0 Å². The van der Waals surface area contributed by atoms with Gasteiger partial charge in [0.05, 0.1) is 5.69 Å². The van der Waals surface area contributed by atoms with Gasteiger partial charge in [-0.25, -0.2) is 0 Å². The number of nitrogens with one attached hydrogen (secondary N) is 1. The van der Waals surface area contributed by atoms with Crippen LogP contribution >= 0.6 is 15.9 Å². The molecule has 0 bridgehead atoms. The van der Waals surface area contributed by atoms with Crippen molar-refractivity contribution in [1.29, 1.82) is 0 Å². The molecule has 0 atom stereocenters. The standard InChI is InChI=1S/C25H19BrN2O5/c26-18-5-3-4-16(10-18)11-23-25(30)28(19-6-1-2-7-20(19)33-23)14-24(29)27-13-17-8-9-21-22(12-17)32-15-31-21/h1-12H,13-15H2,(H,27,29). The number of rotatable bonds is 5. The summed E-state index contributed by atoms with van der Waals surface area (Å²) in [7, 11) is 0. The van der Waals surface area contributed by atoms with Gasteiger partial charge in [0.1, 0.15) is 6.54 Å². The summed E-state index contributed by atoms with van der Waals surface area (Å²) < 4.78 is 17.4. The van der Waals surface area contributed by atoms with Crippen molar-refractivity contribution in [3.05, 3.63) is 88.1 Å². The molecule has 3 aromatic rings. The maximum atomic E-state index is 13.2. The van der Waals surface area contributed by atoms with E-state index in [4.69, 9.17) is 14.2 Å². The lowest BCUT2D eigenvalue weighted by atomic mass is 10.1. The summed E-state index contributed by atoms with van der Waals surface area (Å²) >= 11 is 3.43. The van der Waals surface area contributed by atoms with Crippen molar-refractivity contribution in [1.82, 2.24) is 5.32 Å². The monoisotopic (exact) mass is 506 g/mol. The molecule has 0 saturated heterocycles. The Morgan fingerprint density at radius 3 is 2.73 bits per heavy atom. The summed E-state index contributed by atoms with van der Waals surface area (Å²) in [6.07, 6.45) is 1.67. The van der Waals surface area contributed by atoms with Crippen molar-refractivity contribution in [2.75, 3.05) is 18.2 Å². The average Bonchev–Trinajstić information content (AvgIpc) is 3.28. The lowest BCUT2D eigenvalue weighted by Crippen LogP contribution is -2.44. The van der Waals surface area contributed by atoms with Crippen LogP contribution in [0.1, 0.15) is 11.1 Å². The summed E-state index contributed by atoms with van der Waals surface area (Å²) in [5.41, 5.74) is 2.22. The van der Waals surface area contributed by atoms with E-state index in [1.807, 2.05) is 48.5 Å². The third-order valence-corrected chi connectivity index (χ3v) is 5.70. The van der Waals surface area contributed by atoms with Crippen LogP contribution in [0.15, 0.2) is 77.0 Å². The number of halogens is 1. The zero-order chi connectivity index (χ0) is 22.8. The van der Waals surface area contributed by atoms with E-state index in [1.54, 1.807) is 24.3 Å². The molecule has 2 amide bonds. The van der Waals surface area contributed by atoms with Crippen LogP contribution in [0.2, 0.25) is 0 Å². The number of carbonyl (C=O) groups is 2. The van der Waals surface area contributed by atoms with Crippen molar-refractivity contribution >= 4 is 39.5 Å². The molecule has 166 valence electrons. The van der Waals surface area contributed by atoms with E-state index in [9.17, 15) is 9.59 Å². The lowest BCUT2D eigenvalue weighted by molar-refractivity contribution is -0.123. The molecule has 0 spiro atoms. The highest BCUT2D eigenvalue weighted by Gasteiger charge is 2.31. The van der Waals surface area contributed by atoms with E-state index in [0.717, 1.165) is 15.6 Å². The Bertz CT molecular complexity index is 1270. The van der Waals surface area contributed by atoms with E-state index >= 15 is 0 Å². The van der Waals surface area contributed by atoms with Crippen LogP contribution in [-0.4, -0.2) is 25.2 Å². The number of ether oxygens (including phenoxy) is 3. The third kappa shape index (κ3) is 4.56. The molecule has 7 nitrogen and oxygen atoms in total. The van der Waals surface area contributed by atoms with Crippen LogP contribution in [0.4, 0.5) is 5.69 Å². The second-order valence-corrected chi connectivity index (χ2v) is 8.40. The van der Waals surface area contributed by atoms with E-state index in [1.165, 1.54) is 4.90 Å². The first-order valence-corrected chi connectivity index (χ1v) is 11.1. The molecule has 2 heterocycles. The quantitative estimate of drug-likeness (QED) is 0.523. The van der Waals surface area contributed by atoms with Crippen LogP contribution in [0, 0.1) is 0 Å². The summed E-state index contributed by atoms with van der Waals surface area (Å²) in [5.74, 6) is 1.33. The summed E-state index contributed by atoms with van der Waals surface area (Å²) in [4.78, 5) is 27.4. The number of anilines is 1. The molecular formula is C25H19BrN2O5. The molecule has 0 aromatic heterocycles. The van der Waals surface area contributed by atoms with Gasteiger partial charge in [-0.15, -0.1) is 0 Å². The van der Waals surface area contributed by atoms with Gasteiger partial charge in [0, 0.05) is 11.0 Å².